The normalized spacial score (nSPS) is 25.9. The van der Waals surface area contributed by atoms with Gasteiger partial charge in [-0.15, -0.1) is 0 Å². The highest BCUT2D eigenvalue weighted by molar-refractivity contribution is 8.07. The smallest absolute Gasteiger partial charge is 0.407 e. The molecule has 4 aliphatic rings. The van der Waals surface area contributed by atoms with Crippen LogP contribution in [0.5, 0.6) is 0 Å². The predicted octanol–water partition coefficient (Wildman–Crippen LogP) is 11.4. The molecule has 6 aromatic rings. The molecule has 3 fully saturated rings. The summed E-state index contributed by atoms with van der Waals surface area (Å²) in [6, 6.07) is 20.5. The lowest BCUT2D eigenvalue weighted by Gasteiger charge is -2.41. The maximum Gasteiger partial charge on any atom is 0.407 e. The van der Waals surface area contributed by atoms with Gasteiger partial charge >= 0.3 is 19.5 Å². The molecule has 3 saturated heterocycles. The summed E-state index contributed by atoms with van der Waals surface area (Å²) >= 11 is 12.5. The minimum absolute atomic E-state index is 0.0186. The number of nitriles is 1. The summed E-state index contributed by atoms with van der Waals surface area (Å²) in [6.07, 6.45) is -3.90. The minimum atomic E-state index is -4.40. The maximum absolute atomic E-state index is 14.3. The van der Waals surface area contributed by atoms with Gasteiger partial charge in [-0.2, -0.15) is 5.26 Å². The lowest BCUT2D eigenvalue weighted by molar-refractivity contribution is -0.0619. The zero-order valence-electron chi connectivity index (χ0n) is 54.2. The first-order chi connectivity index (χ1) is 43.3. The van der Waals surface area contributed by atoms with Gasteiger partial charge in [-0.05, 0) is 109 Å². The van der Waals surface area contributed by atoms with Crippen molar-refractivity contribution in [2.75, 3.05) is 43.2 Å². The Hall–Kier alpha value is -5.14. The fourth-order valence-corrected chi connectivity index (χ4v) is 17.4. The van der Waals surface area contributed by atoms with E-state index >= 15 is 0 Å². The number of anilines is 2. The number of ether oxygens (including phenoxy) is 3. The Morgan fingerprint density at radius 2 is 1.43 bits per heavy atom. The van der Waals surface area contributed by atoms with Gasteiger partial charge in [-0.3, -0.25) is 28.1 Å². The van der Waals surface area contributed by atoms with Crippen molar-refractivity contribution in [3.8, 4) is 6.07 Å². The fraction of sp³-hybridized carbons (Fsp3) is 0.550. The molecule has 8 heterocycles. The Bertz CT molecular complexity index is 3830. The topological polar surface area (TPSA) is 289 Å². The van der Waals surface area contributed by atoms with Gasteiger partial charge in [0.2, 0.25) is 0 Å². The summed E-state index contributed by atoms with van der Waals surface area (Å²) in [5.74, 6) is -0.156. The van der Waals surface area contributed by atoms with E-state index in [4.69, 9.17) is 94.2 Å². The first kappa shape index (κ1) is 69.7. The van der Waals surface area contributed by atoms with Crippen molar-refractivity contribution in [2.24, 2.45) is 0 Å². The van der Waals surface area contributed by atoms with Crippen LogP contribution in [0.25, 0.3) is 22.2 Å². The zero-order valence-corrected chi connectivity index (χ0v) is 60.6. The monoisotopic (exact) mass is 1390 g/mol. The first-order valence-corrected chi connectivity index (χ1v) is 45.4. The van der Waals surface area contributed by atoms with E-state index in [1.54, 1.807) is 51.9 Å². The van der Waals surface area contributed by atoms with E-state index in [1.165, 1.54) is 12.7 Å². The van der Waals surface area contributed by atoms with Gasteiger partial charge in [-0.1, -0.05) is 97.6 Å². The lowest BCUT2D eigenvalue weighted by atomic mass is 10.1. The Kier molecular flexibility index (Phi) is 20.9. The number of rotatable bonds is 17. The summed E-state index contributed by atoms with van der Waals surface area (Å²) < 4.78 is 71.8. The van der Waals surface area contributed by atoms with Crippen LogP contribution in [0.1, 0.15) is 98.9 Å². The van der Waals surface area contributed by atoms with Crippen LogP contribution in [0.4, 0.5) is 16.4 Å². The number of benzene rings is 2. The predicted molar refractivity (Wildman–Crippen MR) is 361 cm³/mol. The number of hydrogen-bond acceptors (Lipinski definition) is 21. The lowest BCUT2D eigenvalue weighted by Crippen LogP contribution is -2.50. The molecule has 4 aromatic heterocycles. The third-order valence-electron chi connectivity index (χ3n) is 17.6. The van der Waals surface area contributed by atoms with Gasteiger partial charge in [0.25, 0.3) is 11.8 Å². The number of nitrogens with one attached hydrogen (secondary N) is 2. The molecular weight excluding hydrogens is 1310 g/mol. The molecule has 10 atom stereocenters. The average Bonchev–Trinajstić information content (AvgIpc) is 1.59. The van der Waals surface area contributed by atoms with Crippen molar-refractivity contribution in [1.82, 2.24) is 39.4 Å². The standard InChI is InChI=1S/C60H83N11O14P2S2Si3/c1-59(2,3)91(10,11)84-47-42-34-78-86(75,88)82-46-41(80-57(49(46)85-92(12,13)60(4,5)6)70-33-40-26-20-28-69(51-44(40)52(70)64-36-63-51)55(73)39-24-18-15-19-25-39)35-79-87(89,77-29-21-27-61)83-48(47)56(81-42)71-37-65-45-50(68-54(72)38-22-16-14-17-23-38)66-43(67-53(45)71)32-62-58(74)76-30-31-90(7,8)9/h14-19,22-25,33,36-37,41-42,46-49,56-57H,20-21,26,28-32,34-35H2,1-13H3,(H,62,74)(H,75,88)(H,66,67,68,72)/t41-,42-,46-,47-,48-,49-,56-,57-,86?,87?/m1/s1. The number of fused-ring (bicyclic) bond motifs is 4. The van der Waals surface area contributed by atoms with E-state index < -0.39 is 117 Å². The number of nitrogens with zero attached hydrogens (tertiary/aromatic N) is 9. The molecule has 10 rings (SSSR count). The van der Waals surface area contributed by atoms with E-state index in [2.05, 4.69) is 104 Å². The molecule has 25 nitrogen and oxygen atoms in total. The molecule has 0 radical (unpaired) electrons. The summed E-state index contributed by atoms with van der Waals surface area (Å²) in [5.41, 5.74) is 2.47. The Morgan fingerprint density at radius 1 is 0.783 bits per heavy atom. The van der Waals surface area contributed by atoms with Crippen LogP contribution >= 0.6 is 13.4 Å². The van der Waals surface area contributed by atoms with E-state index in [9.17, 15) is 24.5 Å². The molecule has 0 aliphatic carbocycles. The molecule has 4 aliphatic heterocycles. The minimum Gasteiger partial charge on any atom is -0.450 e. The average molecular weight is 1390 g/mol. The molecule has 2 unspecified atom stereocenters. The van der Waals surface area contributed by atoms with Gasteiger partial charge in [0.1, 0.15) is 54.4 Å². The summed E-state index contributed by atoms with van der Waals surface area (Å²) in [5, 5.41) is 15.5. The number of imidazole rings is 1. The van der Waals surface area contributed by atoms with E-state index in [-0.39, 0.29) is 59.9 Å². The van der Waals surface area contributed by atoms with E-state index in [1.807, 2.05) is 29.0 Å². The quantitative estimate of drug-likeness (QED) is 0.0434. The van der Waals surface area contributed by atoms with Crippen molar-refractivity contribution in [3.63, 3.8) is 0 Å². The number of aromatic nitrogens is 7. The highest BCUT2D eigenvalue weighted by atomic mass is 32.5. The largest absolute Gasteiger partial charge is 0.450 e. The summed E-state index contributed by atoms with van der Waals surface area (Å²) in [4.78, 5) is 79.6. The van der Waals surface area contributed by atoms with Crippen molar-refractivity contribution in [2.45, 2.75) is 178 Å². The number of hydrogen-bond donors (Lipinski definition) is 3. The van der Waals surface area contributed by atoms with Crippen molar-refractivity contribution in [1.29, 1.82) is 5.26 Å². The van der Waals surface area contributed by atoms with Crippen molar-refractivity contribution < 1.29 is 65.0 Å². The third kappa shape index (κ3) is 15.6. The van der Waals surface area contributed by atoms with Crippen LogP contribution in [0, 0.1) is 11.3 Å². The molecule has 3 N–H and O–H groups in total. The number of amides is 3. The highest BCUT2D eigenvalue weighted by Gasteiger charge is 2.58. The van der Waals surface area contributed by atoms with Crippen LogP contribution in [0.2, 0.25) is 61.9 Å². The second-order valence-electron chi connectivity index (χ2n) is 27.5. The Balaban J connectivity index is 1.07. The number of alkyl carbamates (subject to hydrolysis) is 1. The molecule has 2 bridgehead atoms. The van der Waals surface area contributed by atoms with Gasteiger partial charge in [0.15, 0.2) is 51.9 Å². The van der Waals surface area contributed by atoms with Crippen LogP contribution < -0.4 is 15.5 Å². The van der Waals surface area contributed by atoms with E-state index in [0.717, 1.165) is 11.6 Å². The number of aryl methyl sites for hydroxylation is 1. The Morgan fingerprint density at radius 3 is 2.10 bits per heavy atom. The first-order valence-electron chi connectivity index (χ1n) is 30.7. The summed E-state index contributed by atoms with van der Waals surface area (Å²) in [6.45, 7) is 18.2. The van der Waals surface area contributed by atoms with Crippen LogP contribution in [0.3, 0.4) is 0 Å². The maximum atomic E-state index is 14.3. The molecule has 0 spiro atoms. The fourth-order valence-electron chi connectivity index (χ4n) is 10.6. The summed E-state index contributed by atoms with van der Waals surface area (Å²) in [7, 11) is -7.23. The number of carbonyl (C=O) groups is 3. The van der Waals surface area contributed by atoms with Crippen LogP contribution in [0.15, 0.2) is 79.5 Å². The number of carbonyl (C=O) groups excluding carboxylic acids is 3. The third-order valence-corrected chi connectivity index (χ3v) is 32.2. The van der Waals surface area contributed by atoms with Crippen LogP contribution in [-0.4, -0.2) is 151 Å². The van der Waals surface area contributed by atoms with Crippen LogP contribution in [-0.2, 0) is 82.3 Å². The second kappa shape index (κ2) is 27.5. The second-order valence-corrected chi connectivity index (χ2v) is 48.4. The van der Waals surface area contributed by atoms with Gasteiger partial charge in [-0.25, -0.2) is 29.7 Å². The molecular formula is C60H83N11O14P2S2Si3. The Labute approximate surface area is 549 Å². The molecule has 0 saturated carbocycles. The molecule has 2 aromatic carbocycles. The van der Waals surface area contributed by atoms with Crippen molar-refractivity contribution >= 4 is 114 Å². The van der Waals surface area contributed by atoms with Gasteiger partial charge < -0.3 is 56.7 Å². The van der Waals surface area contributed by atoms with E-state index in [0.29, 0.717) is 47.4 Å². The molecule has 92 heavy (non-hydrogen) atoms. The zero-order chi connectivity index (χ0) is 66.3. The van der Waals surface area contributed by atoms with Gasteiger partial charge in [0.05, 0.1) is 57.2 Å². The molecule has 3 amide bonds. The highest BCUT2D eigenvalue weighted by Crippen LogP contribution is 2.59. The molecule has 496 valence electrons. The van der Waals surface area contributed by atoms with Crippen molar-refractivity contribution in [3.05, 3.63) is 102 Å². The SMILES string of the molecule is CC(C)(C)[Si](C)(C)O[C@@H]1[C@@H]2OP(O)(=S)OC[C@H]3O[C@@H](n4cnc5c(NC(=O)c6ccccc6)nc(CNC(=O)OCC[Si](C)(C)C)nc54)[C@H](OP(=S)(OCCC#N)OC[C@H]2O[C@H]1n1cc2c4c(ncnc41)N(C(=O)c1ccccc1)CCC2)[C@@H]3O[Si](C)(C)C(C)(C)C. The van der Waals surface area contributed by atoms with Gasteiger partial charge in [0, 0.05) is 31.9 Å². The molecule has 32 heteroatoms.